The third-order valence-corrected chi connectivity index (χ3v) is 11.0. The SMILES string of the molecule is CC[C@H](C)[C@H](N)C(=O)N[C@H](C(=O)N[C@@H](CO)C(=O)N[C@@H](C)C(=O)N[C@H](C(=O)N[C@H](C(=O)NCC(=O)N[C@H](C(=O)N[C@@H](CC(C)C)C(=O)O)[C@@H](C)CC)C(C)C)C(C)C)[C@@H](C)CC. The normalized spacial score (nSPS) is 16.7. The third-order valence-electron chi connectivity index (χ3n) is 11.0. The van der Waals surface area contributed by atoms with E-state index >= 15 is 0 Å². The van der Waals surface area contributed by atoms with Gasteiger partial charge in [-0.25, -0.2) is 4.79 Å². The maximum Gasteiger partial charge on any atom is 0.326 e. The first-order chi connectivity index (χ1) is 28.8. The minimum Gasteiger partial charge on any atom is -0.480 e. The van der Waals surface area contributed by atoms with Crippen LogP contribution in [0.3, 0.4) is 0 Å². The van der Waals surface area contributed by atoms with Gasteiger partial charge >= 0.3 is 5.97 Å². The summed E-state index contributed by atoms with van der Waals surface area (Å²) in [5.74, 6) is -8.97. The second-order valence-corrected chi connectivity index (χ2v) is 17.4. The van der Waals surface area contributed by atoms with Crippen LogP contribution in [0.2, 0.25) is 0 Å². The van der Waals surface area contributed by atoms with Gasteiger partial charge in [0.1, 0.15) is 42.3 Å². The Morgan fingerprint density at radius 2 is 0.903 bits per heavy atom. The summed E-state index contributed by atoms with van der Waals surface area (Å²) in [6.07, 6.45) is 1.79. The van der Waals surface area contributed by atoms with E-state index in [0.29, 0.717) is 19.3 Å². The Balaban J connectivity index is 5.72. The second kappa shape index (κ2) is 28.0. The fraction of sp³-hybridized carbons (Fsp3) is 0.786. The highest BCUT2D eigenvalue weighted by atomic mass is 16.4. The Kier molecular flexibility index (Phi) is 25.8. The summed E-state index contributed by atoms with van der Waals surface area (Å²) >= 11 is 0. The van der Waals surface area contributed by atoms with Gasteiger partial charge in [0.05, 0.1) is 19.2 Å². The van der Waals surface area contributed by atoms with Gasteiger partial charge in [0.15, 0.2) is 0 Å². The van der Waals surface area contributed by atoms with Gasteiger partial charge in [-0.3, -0.25) is 38.4 Å². The fourth-order valence-corrected chi connectivity index (χ4v) is 6.05. The summed E-state index contributed by atoms with van der Waals surface area (Å²) in [6.45, 7) is 20.9. The van der Waals surface area contributed by atoms with Gasteiger partial charge in [0, 0.05) is 0 Å². The number of aliphatic hydroxyl groups is 1. The number of carbonyl (C=O) groups is 9. The Labute approximate surface area is 366 Å². The Morgan fingerprint density at radius 3 is 1.34 bits per heavy atom. The predicted octanol–water partition coefficient (Wildman–Crippen LogP) is -0.583. The van der Waals surface area contributed by atoms with Crippen molar-refractivity contribution >= 4 is 53.2 Å². The predicted molar refractivity (Wildman–Crippen MR) is 232 cm³/mol. The highest BCUT2D eigenvalue weighted by Crippen LogP contribution is 2.13. The number of rotatable bonds is 28. The van der Waals surface area contributed by atoms with Crippen LogP contribution < -0.4 is 48.3 Å². The third kappa shape index (κ3) is 19.0. The number of nitrogens with two attached hydrogens (primary N) is 1. The first kappa shape index (κ1) is 57.1. The fourth-order valence-electron chi connectivity index (χ4n) is 6.05. The van der Waals surface area contributed by atoms with Crippen molar-refractivity contribution in [2.75, 3.05) is 13.2 Å². The van der Waals surface area contributed by atoms with Gasteiger partial charge < -0.3 is 58.5 Å². The number of hydrogen-bond donors (Lipinski definition) is 11. The number of carboxylic acids is 1. The van der Waals surface area contributed by atoms with Crippen LogP contribution in [-0.4, -0.2) is 125 Å². The van der Waals surface area contributed by atoms with Crippen molar-refractivity contribution in [3.63, 3.8) is 0 Å². The molecule has 0 aliphatic rings. The molecule has 0 unspecified atom stereocenters. The smallest absolute Gasteiger partial charge is 0.326 e. The summed E-state index contributed by atoms with van der Waals surface area (Å²) in [4.78, 5) is 117. The lowest BCUT2D eigenvalue weighted by Gasteiger charge is -2.29. The average Bonchev–Trinajstić information content (AvgIpc) is 3.21. The Morgan fingerprint density at radius 1 is 0.484 bits per heavy atom. The molecule has 11 atom stereocenters. The second-order valence-electron chi connectivity index (χ2n) is 17.4. The van der Waals surface area contributed by atoms with Gasteiger partial charge in [-0.15, -0.1) is 0 Å². The van der Waals surface area contributed by atoms with E-state index in [1.54, 1.807) is 48.5 Å². The first-order valence-electron chi connectivity index (χ1n) is 21.8. The zero-order valence-electron chi connectivity index (χ0n) is 39.0. The van der Waals surface area contributed by atoms with Gasteiger partial charge in [0.2, 0.25) is 47.3 Å². The van der Waals surface area contributed by atoms with Crippen LogP contribution in [0, 0.1) is 35.5 Å². The van der Waals surface area contributed by atoms with Crippen molar-refractivity contribution in [1.82, 2.24) is 42.5 Å². The van der Waals surface area contributed by atoms with Gasteiger partial charge in [-0.2, -0.15) is 0 Å². The molecule has 0 aromatic carbocycles. The number of hydrogen-bond acceptors (Lipinski definition) is 11. The van der Waals surface area contributed by atoms with Crippen LogP contribution in [0.15, 0.2) is 0 Å². The number of carboxylic acid groups (broad SMARTS) is 1. The quantitative estimate of drug-likeness (QED) is 0.0470. The number of carbonyl (C=O) groups excluding carboxylic acids is 8. The summed E-state index contributed by atoms with van der Waals surface area (Å²) in [5.41, 5.74) is 6.06. The molecule has 0 aromatic heterocycles. The molecular weight excluding hydrogens is 807 g/mol. The molecule has 0 saturated carbocycles. The van der Waals surface area contributed by atoms with E-state index in [1.165, 1.54) is 6.92 Å². The van der Waals surface area contributed by atoms with E-state index in [4.69, 9.17) is 5.73 Å². The van der Waals surface area contributed by atoms with Crippen molar-refractivity contribution < 1.29 is 53.4 Å². The number of amides is 8. The molecule has 0 fully saturated rings. The van der Waals surface area contributed by atoms with Crippen LogP contribution in [0.5, 0.6) is 0 Å². The minimum atomic E-state index is -1.50. The lowest BCUT2D eigenvalue weighted by atomic mass is 9.95. The monoisotopic (exact) mass is 884 g/mol. The average molecular weight is 884 g/mol. The van der Waals surface area contributed by atoms with Crippen LogP contribution in [0.1, 0.15) is 116 Å². The molecule has 0 rings (SSSR count). The van der Waals surface area contributed by atoms with E-state index in [0.717, 1.165) is 0 Å². The van der Waals surface area contributed by atoms with Gasteiger partial charge in [-0.05, 0) is 48.9 Å². The standard InChI is InChI=1S/C42H77N9O11/c1-14-23(10)30(43)37(56)51-34(25(12)16-3)41(60)47-28(19-52)36(55)45-26(13)35(54)49-32(22(8)9)39(58)50-31(21(6)7)38(57)44-18-29(53)48-33(24(11)15-2)40(59)46-27(42(61)62)17-20(4)5/h20-28,30-34,52H,14-19,43H2,1-13H3,(H,44,57)(H,45,55)(H,46,59)(H,47,60)(H,48,53)(H,49,54)(H,50,58)(H,51,56)(H,61,62)/t23-,24-,25-,26-,27-,28-,30-,31-,32-,33-,34-/m0/s1. The lowest BCUT2D eigenvalue weighted by Crippen LogP contribution is -2.61. The molecule has 8 amide bonds. The summed E-state index contributed by atoms with van der Waals surface area (Å²) in [5, 5.41) is 39.8. The molecule has 20 heteroatoms. The summed E-state index contributed by atoms with van der Waals surface area (Å²) in [6, 6.07) is -9.32. The van der Waals surface area contributed by atoms with Crippen molar-refractivity contribution in [1.29, 1.82) is 0 Å². The Hall–Kier alpha value is -4.85. The van der Waals surface area contributed by atoms with Crippen LogP contribution in [-0.2, 0) is 43.2 Å². The molecule has 0 bridgehead atoms. The molecule has 62 heavy (non-hydrogen) atoms. The number of aliphatic hydroxyl groups excluding tert-OH is 1. The van der Waals surface area contributed by atoms with Crippen LogP contribution in [0.4, 0.5) is 0 Å². The first-order valence-corrected chi connectivity index (χ1v) is 21.8. The molecule has 0 saturated heterocycles. The van der Waals surface area contributed by atoms with Gasteiger partial charge in [0.25, 0.3) is 0 Å². The minimum absolute atomic E-state index is 0.0222. The number of nitrogens with one attached hydrogen (secondary N) is 8. The summed E-state index contributed by atoms with van der Waals surface area (Å²) in [7, 11) is 0. The van der Waals surface area contributed by atoms with E-state index in [-0.39, 0.29) is 30.1 Å². The highest BCUT2D eigenvalue weighted by molar-refractivity contribution is 5.97. The van der Waals surface area contributed by atoms with E-state index in [9.17, 15) is 53.4 Å². The van der Waals surface area contributed by atoms with Crippen LogP contribution in [0.25, 0.3) is 0 Å². The largest absolute Gasteiger partial charge is 0.480 e. The number of aliphatic carboxylic acids is 1. The molecule has 0 spiro atoms. The van der Waals surface area contributed by atoms with Crippen LogP contribution >= 0.6 is 0 Å². The van der Waals surface area contributed by atoms with Crippen molar-refractivity contribution in [2.45, 2.75) is 164 Å². The van der Waals surface area contributed by atoms with E-state index in [2.05, 4.69) is 42.5 Å². The maximum absolute atomic E-state index is 13.6. The van der Waals surface area contributed by atoms with E-state index in [1.807, 2.05) is 34.6 Å². The molecular formula is C42H77N9O11. The molecule has 0 radical (unpaired) electrons. The topological polar surface area (TPSA) is 316 Å². The zero-order valence-corrected chi connectivity index (χ0v) is 39.0. The zero-order chi connectivity index (χ0) is 48.2. The van der Waals surface area contributed by atoms with Crippen molar-refractivity contribution in [3.8, 4) is 0 Å². The highest BCUT2D eigenvalue weighted by Gasteiger charge is 2.35. The summed E-state index contributed by atoms with van der Waals surface area (Å²) < 4.78 is 0. The molecule has 12 N–H and O–H groups in total. The van der Waals surface area contributed by atoms with Crippen molar-refractivity contribution in [2.24, 2.45) is 41.2 Å². The molecule has 0 aromatic rings. The molecule has 0 aliphatic carbocycles. The molecule has 20 nitrogen and oxygen atoms in total. The Bertz CT molecular complexity index is 1530. The maximum atomic E-state index is 13.6. The van der Waals surface area contributed by atoms with Gasteiger partial charge in [-0.1, -0.05) is 102 Å². The van der Waals surface area contributed by atoms with E-state index < -0.39 is 127 Å². The molecule has 356 valence electrons. The molecule has 0 aliphatic heterocycles. The molecule has 0 heterocycles. The van der Waals surface area contributed by atoms with Crippen molar-refractivity contribution in [3.05, 3.63) is 0 Å². The lowest BCUT2D eigenvalue weighted by molar-refractivity contribution is -0.143.